The van der Waals surface area contributed by atoms with Gasteiger partial charge in [0.05, 0.1) is 40.4 Å². The summed E-state index contributed by atoms with van der Waals surface area (Å²) in [4.78, 5) is 43.0. The summed E-state index contributed by atoms with van der Waals surface area (Å²) in [5.41, 5.74) is 5.82. The van der Waals surface area contributed by atoms with Gasteiger partial charge in [0.2, 0.25) is 5.91 Å². The third-order valence-electron chi connectivity index (χ3n) is 7.59. The summed E-state index contributed by atoms with van der Waals surface area (Å²) in [5.74, 6) is -0.502. The summed E-state index contributed by atoms with van der Waals surface area (Å²) in [7, 11) is 0. The Hall–Kier alpha value is -4.43. The molecule has 0 bridgehead atoms. The second-order valence-electron chi connectivity index (χ2n) is 10.9. The molecule has 1 saturated heterocycles. The highest BCUT2D eigenvalue weighted by Gasteiger charge is 2.28. The molecule has 8 nitrogen and oxygen atoms in total. The molecule has 1 aliphatic heterocycles. The van der Waals surface area contributed by atoms with Crippen LogP contribution in [0.15, 0.2) is 71.2 Å². The number of pyridine rings is 1. The quantitative estimate of drug-likeness (QED) is 0.289. The smallest absolute Gasteiger partial charge is 0.265 e. The zero-order valence-corrected chi connectivity index (χ0v) is 25.7. The zero-order valence-electron chi connectivity index (χ0n) is 25.0. The van der Waals surface area contributed by atoms with Gasteiger partial charge in [-0.3, -0.25) is 19.0 Å². The number of benzene rings is 2. The van der Waals surface area contributed by atoms with Crippen molar-refractivity contribution in [1.82, 2.24) is 24.6 Å². The number of halogens is 1. The van der Waals surface area contributed by atoms with Gasteiger partial charge in [0.25, 0.3) is 11.5 Å². The lowest BCUT2D eigenvalue weighted by molar-refractivity contribution is -0.121. The number of nitrogens with one attached hydrogen (secondary N) is 1. The average Bonchev–Trinajstić information content (AvgIpc) is 3.38. The van der Waals surface area contributed by atoms with Crippen LogP contribution in [0.3, 0.4) is 0 Å². The standard InChI is InChI=1S/C34H36ClN5O3/c1-5-23-9-7-10-24(6-2)32(23)40-30(19-22(3)4)28(33(42)38-17-8-16-36-31(41)21-38)20-27(34(40)43)29-15-18-39(37-29)26-13-11-25(35)12-14-26/h7,9-15,18-20H,5-6,8,16-17,21H2,1-4H3,(H,36,41). The molecule has 1 aliphatic rings. The van der Waals surface area contributed by atoms with Gasteiger partial charge in [-0.25, -0.2) is 4.68 Å². The molecule has 1 N–H and O–H groups in total. The van der Waals surface area contributed by atoms with Gasteiger partial charge in [-0.05, 0) is 86.7 Å². The molecule has 1 fully saturated rings. The lowest BCUT2D eigenvalue weighted by Gasteiger charge is -2.24. The Kier molecular flexibility index (Phi) is 8.97. The van der Waals surface area contributed by atoms with Crippen molar-refractivity contribution in [1.29, 1.82) is 0 Å². The zero-order chi connectivity index (χ0) is 30.7. The summed E-state index contributed by atoms with van der Waals surface area (Å²) in [6, 6.07) is 16.7. The van der Waals surface area contributed by atoms with Crippen molar-refractivity contribution < 1.29 is 9.59 Å². The van der Waals surface area contributed by atoms with Crippen LogP contribution in [0.5, 0.6) is 0 Å². The fourth-order valence-electron chi connectivity index (χ4n) is 5.48. The predicted octanol–water partition coefficient (Wildman–Crippen LogP) is 5.85. The third-order valence-corrected chi connectivity index (χ3v) is 7.84. The van der Waals surface area contributed by atoms with Gasteiger partial charge in [0, 0.05) is 24.3 Å². The van der Waals surface area contributed by atoms with Crippen molar-refractivity contribution in [2.45, 2.75) is 47.0 Å². The number of para-hydroxylation sites is 1. The SMILES string of the molecule is CCc1cccc(CC)c1-n1c(C=C(C)C)c(C(=O)N2CCCNC(=O)C2)cc(-c2ccn(-c3ccc(Cl)cc3)n2)c1=O. The Morgan fingerprint density at radius 2 is 1.72 bits per heavy atom. The summed E-state index contributed by atoms with van der Waals surface area (Å²) < 4.78 is 3.37. The van der Waals surface area contributed by atoms with Crippen LogP contribution >= 0.6 is 11.6 Å². The molecule has 222 valence electrons. The number of carbonyl (C=O) groups excluding carboxylic acids is 2. The number of hydrogen-bond donors (Lipinski definition) is 1. The third kappa shape index (κ3) is 6.20. The second kappa shape index (κ2) is 12.8. The maximum atomic E-state index is 14.6. The molecule has 0 saturated carbocycles. The second-order valence-corrected chi connectivity index (χ2v) is 11.3. The van der Waals surface area contributed by atoms with Crippen LogP contribution in [0.1, 0.15) is 61.3 Å². The van der Waals surface area contributed by atoms with Crippen molar-refractivity contribution in [3.05, 3.63) is 104 Å². The maximum Gasteiger partial charge on any atom is 0.265 e. The van der Waals surface area contributed by atoms with Crippen LogP contribution in [-0.4, -0.2) is 50.7 Å². The minimum Gasteiger partial charge on any atom is -0.354 e. The van der Waals surface area contributed by atoms with Crippen LogP contribution in [0, 0.1) is 0 Å². The average molecular weight is 598 g/mol. The molecule has 2 aromatic carbocycles. The summed E-state index contributed by atoms with van der Waals surface area (Å²) in [5, 5.41) is 8.20. The molecule has 0 aliphatic carbocycles. The van der Waals surface area contributed by atoms with Crippen LogP contribution < -0.4 is 10.9 Å². The van der Waals surface area contributed by atoms with Gasteiger partial charge >= 0.3 is 0 Å². The predicted molar refractivity (Wildman–Crippen MR) is 171 cm³/mol. The number of rotatable bonds is 7. The van der Waals surface area contributed by atoms with E-state index in [-0.39, 0.29) is 23.9 Å². The fraction of sp³-hybridized carbons (Fsp3) is 0.294. The van der Waals surface area contributed by atoms with Crippen molar-refractivity contribution >= 4 is 29.5 Å². The van der Waals surface area contributed by atoms with E-state index in [0.29, 0.717) is 59.9 Å². The molecule has 2 amide bonds. The Morgan fingerprint density at radius 3 is 2.37 bits per heavy atom. The fourth-order valence-corrected chi connectivity index (χ4v) is 5.61. The van der Waals surface area contributed by atoms with Gasteiger partial charge in [-0.15, -0.1) is 0 Å². The van der Waals surface area contributed by atoms with E-state index < -0.39 is 0 Å². The van der Waals surface area contributed by atoms with E-state index in [0.717, 1.165) is 28.1 Å². The van der Waals surface area contributed by atoms with Crippen LogP contribution in [0.25, 0.3) is 28.7 Å². The minimum atomic E-state index is -0.302. The van der Waals surface area contributed by atoms with E-state index in [9.17, 15) is 14.4 Å². The van der Waals surface area contributed by atoms with Gasteiger partial charge < -0.3 is 10.2 Å². The van der Waals surface area contributed by atoms with E-state index in [1.165, 1.54) is 0 Å². The number of carbonyl (C=O) groups is 2. The largest absolute Gasteiger partial charge is 0.354 e. The topological polar surface area (TPSA) is 89.2 Å². The summed E-state index contributed by atoms with van der Waals surface area (Å²) in [6.07, 6.45) is 5.72. The number of hydrogen-bond acceptors (Lipinski definition) is 4. The van der Waals surface area contributed by atoms with Crippen LogP contribution in [0.4, 0.5) is 0 Å². The first-order valence-electron chi connectivity index (χ1n) is 14.7. The number of amides is 2. The Labute approximate surface area is 256 Å². The molecule has 0 unspecified atom stereocenters. The molecule has 5 rings (SSSR count). The van der Waals surface area contributed by atoms with Gasteiger partial charge in [0.1, 0.15) is 0 Å². The number of allylic oxidation sites excluding steroid dienone is 1. The molecule has 0 radical (unpaired) electrons. The normalized spacial score (nSPS) is 13.4. The molecule has 3 heterocycles. The Bertz CT molecular complexity index is 1740. The van der Waals surface area contributed by atoms with Crippen molar-refractivity contribution in [2.24, 2.45) is 0 Å². The maximum absolute atomic E-state index is 14.6. The van der Waals surface area contributed by atoms with E-state index in [4.69, 9.17) is 16.7 Å². The molecule has 9 heteroatoms. The van der Waals surface area contributed by atoms with E-state index >= 15 is 0 Å². The lowest BCUT2D eigenvalue weighted by Crippen LogP contribution is -2.39. The monoisotopic (exact) mass is 597 g/mol. The van der Waals surface area contributed by atoms with Crippen LogP contribution in [0.2, 0.25) is 5.02 Å². The van der Waals surface area contributed by atoms with Gasteiger partial charge in [0.15, 0.2) is 0 Å². The first-order valence-corrected chi connectivity index (χ1v) is 15.0. The van der Waals surface area contributed by atoms with Crippen molar-refractivity contribution in [3.8, 4) is 22.6 Å². The van der Waals surface area contributed by atoms with Crippen molar-refractivity contribution in [2.75, 3.05) is 19.6 Å². The highest BCUT2D eigenvalue weighted by Crippen LogP contribution is 2.28. The molecule has 0 spiro atoms. The molecule has 0 atom stereocenters. The minimum absolute atomic E-state index is 0.0431. The Balaban J connectivity index is 1.82. The number of aryl methyl sites for hydroxylation is 2. The van der Waals surface area contributed by atoms with E-state index in [1.54, 1.807) is 44.6 Å². The Morgan fingerprint density at radius 1 is 1.02 bits per heavy atom. The highest BCUT2D eigenvalue weighted by molar-refractivity contribution is 6.30. The number of aromatic nitrogens is 3. The summed E-state index contributed by atoms with van der Waals surface area (Å²) >= 11 is 6.09. The first-order chi connectivity index (χ1) is 20.7. The highest BCUT2D eigenvalue weighted by atomic mass is 35.5. The molecular formula is C34H36ClN5O3. The molecule has 4 aromatic rings. The molecular weight excluding hydrogens is 562 g/mol. The van der Waals surface area contributed by atoms with Gasteiger partial charge in [-0.1, -0.05) is 49.2 Å². The van der Waals surface area contributed by atoms with Gasteiger partial charge in [-0.2, -0.15) is 5.10 Å². The van der Waals surface area contributed by atoms with Crippen LogP contribution in [-0.2, 0) is 17.6 Å². The van der Waals surface area contributed by atoms with E-state index in [2.05, 4.69) is 19.2 Å². The lowest BCUT2D eigenvalue weighted by atomic mass is 9.99. The van der Waals surface area contributed by atoms with E-state index in [1.807, 2.05) is 50.3 Å². The molecule has 2 aromatic heterocycles. The molecule has 43 heavy (non-hydrogen) atoms. The van der Waals surface area contributed by atoms with Crippen molar-refractivity contribution in [3.63, 3.8) is 0 Å². The summed E-state index contributed by atoms with van der Waals surface area (Å²) in [6.45, 7) is 8.90. The number of nitrogens with zero attached hydrogens (tertiary/aromatic N) is 4. The first kappa shape index (κ1) is 30.0.